The van der Waals surface area contributed by atoms with Crippen LogP contribution in [0, 0.1) is 10.1 Å². The zero-order chi connectivity index (χ0) is 18.8. The van der Waals surface area contributed by atoms with Gasteiger partial charge in [-0.3, -0.25) is 10.1 Å². The van der Waals surface area contributed by atoms with Crippen LogP contribution in [0.4, 0.5) is 30.2 Å². The van der Waals surface area contributed by atoms with Gasteiger partial charge in [0, 0.05) is 17.2 Å². The van der Waals surface area contributed by atoms with Crippen LogP contribution in [-0.2, 0) is 6.18 Å². The predicted octanol–water partition coefficient (Wildman–Crippen LogP) is 5.73. The minimum absolute atomic E-state index is 0.177. The van der Waals surface area contributed by atoms with E-state index in [1.54, 1.807) is 0 Å². The van der Waals surface area contributed by atoms with Crippen LogP contribution in [-0.4, -0.2) is 10.0 Å². The van der Waals surface area contributed by atoms with Crippen molar-refractivity contribution in [3.8, 4) is 0 Å². The molecular formula is C14H8Cl2F3N3O2S. The largest absolute Gasteiger partial charge is 0.418 e. The number of hydrogen-bond acceptors (Lipinski definition) is 3. The predicted molar refractivity (Wildman–Crippen MR) is 94.4 cm³/mol. The molecule has 0 amide bonds. The average molecular weight is 410 g/mol. The molecule has 0 spiro atoms. The standard InChI is InChI=1S/C14H8Cl2F3N3O2S/c15-7-1-3-12(10(16)5-7)21-13(25)20-11-4-2-8(22(23)24)6-9(11)14(17,18)19/h1-6H,(H2,20,21,25). The molecule has 25 heavy (non-hydrogen) atoms. The van der Waals surface area contributed by atoms with Crippen LogP contribution in [0.5, 0.6) is 0 Å². The summed E-state index contributed by atoms with van der Waals surface area (Å²) in [6.07, 6.45) is -4.80. The first-order chi connectivity index (χ1) is 11.6. The van der Waals surface area contributed by atoms with Gasteiger partial charge in [-0.05, 0) is 36.5 Å². The summed E-state index contributed by atoms with van der Waals surface area (Å²) in [4.78, 5) is 9.76. The highest BCUT2D eigenvalue weighted by atomic mass is 35.5. The topological polar surface area (TPSA) is 67.2 Å². The van der Waals surface area contributed by atoms with Crippen LogP contribution >= 0.6 is 35.4 Å². The molecule has 0 aliphatic carbocycles. The van der Waals surface area contributed by atoms with Gasteiger partial charge in [0.05, 0.1) is 26.9 Å². The Hall–Kier alpha value is -2.10. The van der Waals surface area contributed by atoms with Gasteiger partial charge in [0.1, 0.15) is 0 Å². The van der Waals surface area contributed by atoms with Gasteiger partial charge in [-0.15, -0.1) is 0 Å². The number of rotatable bonds is 3. The average Bonchev–Trinajstić information content (AvgIpc) is 2.49. The Morgan fingerprint density at radius 1 is 1.08 bits per heavy atom. The molecule has 2 aromatic carbocycles. The lowest BCUT2D eigenvalue weighted by atomic mass is 10.1. The minimum atomic E-state index is -4.80. The highest BCUT2D eigenvalue weighted by molar-refractivity contribution is 7.80. The second kappa shape index (κ2) is 7.42. The van der Waals surface area contributed by atoms with Gasteiger partial charge in [-0.25, -0.2) is 0 Å². The third kappa shape index (κ3) is 4.94. The van der Waals surface area contributed by atoms with Crippen molar-refractivity contribution in [1.29, 1.82) is 0 Å². The van der Waals surface area contributed by atoms with Gasteiger partial charge in [0.2, 0.25) is 0 Å². The van der Waals surface area contributed by atoms with E-state index in [0.29, 0.717) is 16.8 Å². The number of nitro groups is 1. The zero-order valence-corrected chi connectivity index (χ0v) is 14.4. The minimum Gasteiger partial charge on any atom is -0.332 e. The first kappa shape index (κ1) is 19.2. The molecule has 132 valence electrons. The fourth-order valence-electron chi connectivity index (χ4n) is 1.86. The van der Waals surface area contributed by atoms with Crippen molar-refractivity contribution in [3.05, 3.63) is 62.1 Å². The molecule has 0 heterocycles. The highest BCUT2D eigenvalue weighted by Crippen LogP contribution is 2.37. The number of nitrogens with zero attached hydrogens (tertiary/aromatic N) is 1. The number of non-ortho nitro benzene ring substituents is 1. The molecule has 0 saturated heterocycles. The van der Waals surface area contributed by atoms with Crippen molar-refractivity contribution in [1.82, 2.24) is 0 Å². The molecule has 2 N–H and O–H groups in total. The summed E-state index contributed by atoms with van der Waals surface area (Å²) in [5.41, 5.74) is -2.00. The van der Waals surface area contributed by atoms with Gasteiger partial charge in [0.25, 0.3) is 5.69 Å². The molecule has 0 atom stereocenters. The van der Waals surface area contributed by atoms with E-state index in [4.69, 9.17) is 35.4 Å². The summed E-state index contributed by atoms with van der Waals surface area (Å²) in [7, 11) is 0. The Kier molecular flexibility index (Phi) is 5.71. The summed E-state index contributed by atoms with van der Waals surface area (Å²) in [5, 5.41) is 16.1. The molecule has 0 aliphatic rings. The molecule has 0 radical (unpaired) electrons. The Labute approximate surface area is 154 Å². The zero-order valence-electron chi connectivity index (χ0n) is 12.0. The number of hydrogen-bond donors (Lipinski definition) is 2. The molecule has 5 nitrogen and oxygen atoms in total. The monoisotopic (exact) mass is 409 g/mol. The van der Waals surface area contributed by atoms with Crippen molar-refractivity contribution in [3.63, 3.8) is 0 Å². The summed E-state index contributed by atoms with van der Waals surface area (Å²) < 4.78 is 39.3. The van der Waals surface area contributed by atoms with Crippen LogP contribution in [0.2, 0.25) is 10.0 Å². The van der Waals surface area contributed by atoms with Gasteiger partial charge in [0.15, 0.2) is 5.11 Å². The number of benzene rings is 2. The third-order valence-electron chi connectivity index (χ3n) is 2.95. The second-order valence-corrected chi connectivity index (χ2v) is 5.94. The van der Waals surface area contributed by atoms with Gasteiger partial charge < -0.3 is 10.6 Å². The molecule has 2 rings (SSSR count). The SMILES string of the molecule is O=[N+]([O-])c1ccc(NC(=S)Nc2ccc(Cl)cc2Cl)c(C(F)(F)F)c1. The van der Waals surface area contributed by atoms with Crippen LogP contribution in [0.25, 0.3) is 0 Å². The maximum atomic E-state index is 13.1. The number of nitro benzene ring substituents is 1. The number of halogens is 5. The van der Waals surface area contributed by atoms with E-state index in [1.807, 2.05) is 0 Å². The van der Waals surface area contributed by atoms with Crippen molar-refractivity contribution in [2.24, 2.45) is 0 Å². The molecular weight excluding hydrogens is 402 g/mol. The van der Waals surface area contributed by atoms with Crippen molar-refractivity contribution in [2.75, 3.05) is 10.6 Å². The van der Waals surface area contributed by atoms with Gasteiger partial charge in [-0.2, -0.15) is 13.2 Å². The Balaban J connectivity index is 2.26. The van der Waals surface area contributed by atoms with E-state index in [0.717, 1.165) is 12.1 Å². The molecule has 2 aromatic rings. The first-order valence-corrected chi connectivity index (χ1v) is 7.63. The lowest BCUT2D eigenvalue weighted by Crippen LogP contribution is -2.21. The molecule has 0 fully saturated rings. The van der Waals surface area contributed by atoms with Crippen LogP contribution < -0.4 is 10.6 Å². The third-order valence-corrected chi connectivity index (χ3v) is 3.70. The summed E-state index contributed by atoms with van der Waals surface area (Å²) >= 11 is 16.7. The molecule has 11 heteroatoms. The number of thiocarbonyl (C=S) groups is 1. The van der Waals surface area contributed by atoms with E-state index >= 15 is 0 Å². The fourth-order valence-corrected chi connectivity index (χ4v) is 2.53. The van der Waals surface area contributed by atoms with E-state index in [2.05, 4.69) is 10.6 Å². The number of alkyl halides is 3. The molecule has 0 unspecified atom stereocenters. The van der Waals surface area contributed by atoms with E-state index in [9.17, 15) is 23.3 Å². The molecule has 0 aromatic heterocycles. The van der Waals surface area contributed by atoms with E-state index in [1.165, 1.54) is 18.2 Å². The van der Waals surface area contributed by atoms with Gasteiger partial charge in [-0.1, -0.05) is 23.2 Å². The van der Waals surface area contributed by atoms with Gasteiger partial charge >= 0.3 is 6.18 Å². The molecule has 0 bridgehead atoms. The second-order valence-electron chi connectivity index (χ2n) is 4.69. The van der Waals surface area contributed by atoms with Crippen LogP contribution in [0.1, 0.15) is 5.56 Å². The Morgan fingerprint density at radius 2 is 1.68 bits per heavy atom. The quantitative estimate of drug-likeness (QED) is 0.384. The summed E-state index contributed by atoms with van der Waals surface area (Å²) in [6.45, 7) is 0. The first-order valence-electron chi connectivity index (χ1n) is 6.46. The lowest BCUT2D eigenvalue weighted by molar-refractivity contribution is -0.385. The Bertz CT molecular complexity index is 847. The number of anilines is 2. The normalized spacial score (nSPS) is 11.1. The lowest BCUT2D eigenvalue weighted by Gasteiger charge is -2.16. The molecule has 0 saturated carbocycles. The van der Waals surface area contributed by atoms with Crippen LogP contribution in [0.15, 0.2) is 36.4 Å². The van der Waals surface area contributed by atoms with E-state index in [-0.39, 0.29) is 10.1 Å². The van der Waals surface area contributed by atoms with E-state index < -0.39 is 28.0 Å². The Morgan fingerprint density at radius 3 is 2.24 bits per heavy atom. The highest BCUT2D eigenvalue weighted by Gasteiger charge is 2.35. The molecule has 0 aliphatic heterocycles. The van der Waals surface area contributed by atoms with Crippen molar-refractivity contribution >= 4 is 57.6 Å². The smallest absolute Gasteiger partial charge is 0.332 e. The van der Waals surface area contributed by atoms with Crippen LogP contribution in [0.3, 0.4) is 0 Å². The maximum absolute atomic E-state index is 13.1. The van der Waals surface area contributed by atoms with Crippen molar-refractivity contribution in [2.45, 2.75) is 6.18 Å². The fraction of sp³-hybridized carbons (Fsp3) is 0.0714. The maximum Gasteiger partial charge on any atom is 0.418 e. The van der Waals surface area contributed by atoms with Crippen molar-refractivity contribution < 1.29 is 18.1 Å². The number of nitrogens with one attached hydrogen (secondary N) is 2. The summed E-state index contributed by atoms with van der Waals surface area (Å²) in [5.74, 6) is 0. The summed E-state index contributed by atoms with van der Waals surface area (Å²) in [6, 6.07) is 6.75.